The van der Waals surface area contributed by atoms with Gasteiger partial charge in [-0.05, 0) is 30.2 Å². The number of carboxylic acids is 1. The van der Waals surface area contributed by atoms with Gasteiger partial charge in [0, 0.05) is 19.7 Å². The Bertz CT molecular complexity index is 605. The van der Waals surface area contributed by atoms with Crippen LogP contribution in [0.5, 0.6) is 0 Å². The Hall–Kier alpha value is -1.66. The van der Waals surface area contributed by atoms with Gasteiger partial charge in [-0.3, -0.25) is 0 Å². The third kappa shape index (κ3) is 3.65. The van der Waals surface area contributed by atoms with Crippen LogP contribution in [0.3, 0.4) is 0 Å². The van der Waals surface area contributed by atoms with Crippen molar-refractivity contribution in [2.24, 2.45) is 0 Å². The van der Waals surface area contributed by atoms with Crippen LogP contribution in [0.2, 0.25) is 0 Å². The molecule has 0 saturated heterocycles. The largest absolute Gasteiger partial charge is 0.478 e. The molecule has 1 rings (SSSR count). The van der Waals surface area contributed by atoms with E-state index in [9.17, 15) is 13.2 Å². The molecule has 0 fully saturated rings. The molecule has 104 valence electrons. The maximum atomic E-state index is 12.3. The van der Waals surface area contributed by atoms with Gasteiger partial charge in [0.1, 0.15) is 0 Å². The molecular formula is C13H17NO4S. The molecule has 0 radical (unpaired) electrons. The summed E-state index contributed by atoms with van der Waals surface area (Å²) in [4.78, 5) is 10.7. The molecule has 0 heterocycles. The van der Waals surface area contributed by atoms with Gasteiger partial charge in [-0.2, -0.15) is 0 Å². The van der Waals surface area contributed by atoms with Crippen molar-refractivity contribution in [2.75, 3.05) is 13.6 Å². The normalized spacial score (nSPS) is 12.2. The molecule has 0 aromatic heterocycles. The van der Waals surface area contributed by atoms with Crippen molar-refractivity contribution in [2.45, 2.75) is 18.7 Å². The summed E-state index contributed by atoms with van der Waals surface area (Å²) in [5.74, 6) is -1.07. The summed E-state index contributed by atoms with van der Waals surface area (Å²) < 4.78 is 25.8. The molecule has 6 heteroatoms. The van der Waals surface area contributed by atoms with Crippen LogP contribution in [-0.4, -0.2) is 37.4 Å². The Kier molecular flexibility index (Phi) is 4.85. The Morgan fingerprint density at radius 1 is 1.42 bits per heavy atom. The minimum atomic E-state index is -3.53. The standard InChI is InChI=1S/C13H17NO4S/c1-4-14(3)19(17,18)12-9-11(6-5-10(12)2)7-8-13(15)16/h5-9H,4H2,1-3H3,(H,15,16). The molecule has 0 unspecified atom stereocenters. The number of carbonyl (C=O) groups is 1. The van der Waals surface area contributed by atoms with Crippen molar-refractivity contribution in [3.05, 3.63) is 35.4 Å². The van der Waals surface area contributed by atoms with Crippen LogP contribution in [0.1, 0.15) is 18.1 Å². The zero-order valence-corrected chi connectivity index (χ0v) is 11.9. The quantitative estimate of drug-likeness (QED) is 0.835. The predicted molar refractivity (Wildman–Crippen MR) is 73.3 cm³/mol. The number of hydrogen-bond donors (Lipinski definition) is 1. The van der Waals surface area contributed by atoms with E-state index >= 15 is 0 Å². The second kappa shape index (κ2) is 5.99. The van der Waals surface area contributed by atoms with Crippen LogP contribution in [0.4, 0.5) is 0 Å². The van der Waals surface area contributed by atoms with E-state index in [0.717, 1.165) is 6.08 Å². The van der Waals surface area contributed by atoms with Gasteiger partial charge in [-0.15, -0.1) is 0 Å². The lowest BCUT2D eigenvalue weighted by Gasteiger charge is -2.16. The van der Waals surface area contributed by atoms with Gasteiger partial charge in [-0.25, -0.2) is 17.5 Å². The van der Waals surface area contributed by atoms with E-state index in [0.29, 0.717) is 17.7 Å². The average Bonchev–Trinajstić information content (AvgIpc) is 2.36. The lowest BCUT2D eigenvalue weighted by molar-refractivity contribution is -0.131. The Morgan fingerprint density at radius 2 is 2.05 bits per heavy atom. The number of hydrogen-bond acceptors (Lipinski definition) is 3. The van der Waals surface area contributed by atoms with Crippen LogP contribution >= 0.6 is 0 Å². The molecule has 1 aromatic carbocycles. The van der Waals surface area contributed by atoms with E-state index in [4.69, 9.17) is 5.11 Å². The first-order chi connectivity index (χ1) is 8.78. The SMILES string of the molecule is CCN(C)S(=O)(=O)c1cc(C=CC(=O)O)ccc1C. The van der Waals surface area contributed by atoms with Crippen molar-refractivity contribution >= 4 is 22.1 Å². The van der Waals surface area contributed by atoms with Gasteiger partial charge < -0.3 is 5.11 Å². The van der Waals surface area contributed by atoms with E-state index in [2.05, 4.69) is 0 Å². The molecule has 0 bridgehead atoms. The second-order valence-corrected chi connectivity index (χ2v) is 6.13. The van der Waals surface area contributed by atoms with E-state index in [-0.39, 0.29) is 4.90 Å². The highest BCUT2D eigenvalue weighted by molar-refractivity contribution is 7.89. The first-order valence-corrected chi connectivity index (χ1v) is 7.21. The summed E-state index contributed by atoms with van der Waals surface area (Å²) in [5.41, 5.74) is 1.17. The number of aryl methyl sites for hydroxylation is 1. The first-order valence-electron chi connectivity index (χ1n) is 5.77. The van der Waals surface area contributed by atoms with Gasteiger partial charge in [0.05, 0.1) is 4.90 Å². The number of sulfonamides is 1. The molecule has 0 aliphatic rings. The third-order valence-corrected chi connectivity index (χ3v) is 4.84. The van der Waals surface area contributed by atoms with Crippen molar-refractivity contribution in [3.63, 3.8) is 0 Å². The maximum Gasteiger partial charge on any atom is 0.328 e. The summed E-state index contributed by atoms with van der Waals surface area (Å²) in [6.45, 7) is 3.83. The number of carboxylic acid groups (broad SMARTS) is 1. The first kappa shape index (κ1) is 15.4. The van der Waals surface area contributed by atoms with Crippen molar-refractivity contribution in [1.29, 1.82) is 0 Å². The summed E-state index contributed by atoms with van der Waals surface area (Å²) in [6.07, 6.45) is 2.34. The molecule has 0 saturated carbocycles. The summed E-state index contributed by atoms with van der Waals surface area (Å²) >= 11 is 0. The fourth-order valence-corrected chi connectivity index (χ4v) is 2.94. The van der Waals surface area contributed by atoms with Crippen LogP contribution in [-0.2, 0) is 14.8 Å². The Balaban J connectivity index is 3.29. The second-order valence-electron chi connectivity index (χ2n) is 4.12. The molecule has 0 spiro atoms. The number of rotatable bonds is 5. The molecule has 1 aromatic rings. The van der Waals surface area contributed by atoms with Crippen LogP contribution in [0, 0.1) is 6.92 Å². The van der Waals surface area contributed by atoms with E-state index < -0.39 is 16.0 Å². The minimum Gasteiger partial charge on any atom is -0.478 e. The molecule has 19 heavy (non-hydrogen) atoms. The summed E-state index contributed by atoms with van der Waals surface area (Å²) in [7, 11) is -2.02. The zero-order valence-electron chi connectivity index (χ0n) is 11.1. The molecule has 0 aliphatic carbocycles. The highest BCUT2D eigenvalue weighted by Gasteiger charge is 2.21. The van der Waals surface area contributed by atoms with Crippen molar-refractivity contribution < 1.29 is 18.3 Å². The highest BCUT2D eigenvalue weighted by atomic mass is 32.2. The molecule has 0 atom stereocenters. The van der Waals surface area contributed by atoms with Crippen LogP contribution in [0.25, 0.3) is 6.08 Å². The Labute approximate surface area is 113 Å². The van der Waals surface area contributed by atoms with Gasteiger partial charge in [0.25, 0.3) is 0 Å². The number of nitrogens with zero attached hydrogens (tertiary/aromatic N) is 1. The zero-order chi connectivity index (χ0) is 14.6. The summed E-state index contributed by atoms with van der Waals surface area (Å²) in [6, 6.07) is 4.83. The lowest BCUT2D eigenvalue weighted by Crippen LogP contribution is -2.27. The van der Waals surface area contributed by atoms with Gasteiger partial charge >= 0.3 is 5.97 Å². The van der Waals surface area contributed by atoms with Gasteiger partial charge in [0.15, 0.2) is 0 Å². The summed E-state index contributed by atoms with van der Waals surface area (Å²) in [5, 5.41) is 8.57. The van der Waals surface area contributed by atoms with Crippen LogP contribution < -0.4 is 0 Å². The Morgan fingerprint density at radius 3 is 2.58 bits per heavy atom. The fourth-order valence-electron chi connectivity index (χ4n) is 1.50. The molecule has 0 aliphatic heterocycles. The van der Waals surface area contributed by atoms with E-state index in [1.165, 1.54) is 23.5 Å². The van der Waals surface area contributed by atoms with Crippen LogP contribution in [0.15, 0.2) is 29.2 Å². The molecular weight excluding hydrogens is 266 g/mol. The van der Waals surface area contributed by atoms with Gasteiger partial charge in [0.2, 0.25) is 10.0 Å². The predicted octanol–water partition coefficient (Wildman–Crippen LogP) is 1.73. The monoisotopic (exact) mass is 283 g/mol. The number of benzene rings is 1. The fraction of sp³-hybridized carbons (Fsp3) is 0.308. The number of aliphatic carboxylic acids is 1. The third-order valence-electron chi connectivity index (χ3n) is 2.76. The van der Waals surface area contributed by atoms with Crippen molar-refractivity contribution in [3.8, 4) is 0 Å². The molecule has 0 amide bonds. The minimum absolute atomic E-state index is 0.199. The topological polar surface area (TPSA) is 74.7 Å². The average molecular weight is 283 g/mol. The maximum absolute atomic E-state index is 12.3. The lowest BCUT2D eigenvalue weighted by atomic mass is 10.1. The highest BCUT2D eigenvalue weighted by Crippen LogP contribution is 2.21. The molecule has 5 nitrogen and oxygen atoms in total. The van der Waals surface area contributed by atoms with E-state index in [1.54, 1.807) is 26.0 Å². The van der Waals surface area contributed by atoms with E-state index in [1.807, 2.05) is 0 Å². The van der Waals surface area contributed by atoms with Crippen molar-refractivity contribution in [1.82, 2.24) is 4.31 Å². The molecule has 1 N–H and O–H groups in total. The smallest absolute Gasteiger partial charge is 0.328 e. The van der Waals surface area contributed by atoms with Gasteiger partial charge in [-0.1, -0.05) is 19.1 Å².